The molecule has 2 aliphatic rings. The summed E-state index contributed by atoms with van der Waals surface area (Å²) in [5.74, 6) is 1.66. The number of benzene rings is 1. The Bertz CT molecular complexity index is 631. The summed E-state index contributed by atoms with van der Waals surface area (Å²) in [6.07, 6.45) is 1.01. The Balaban J connectivity index is 1.46. The molecular weight excluding hydrogens is 375 g/mol. The van der Waals surface area contributed by atoms with Crippen LogP contribution in [0.5, 0.6) is 5.75 Å². The molecule has 8 heteroatoms. The maximum atomic E-state index is 13.0. The van der Waals surface area contributed by atoms with Crippen LogP contribution in [0.4, 0.5) is 4.39 Å². The van der Waals surface area contributed by atoms with Gasteiger partial charge in [0.1, 0.15) is 17.7 Å². The lowest BCUT2D eigenvalue weighted by molar-refractivity contribution is 0.00246. The van der Waals surface area contributed by atoms with Crippen molar-refractivity contribution in [3.05, 3.63) is 30.1 Å². The minimum absolute atomic E-state index is 0.0858. The fourth-order valence-electron chi connectivity index (χ4n) is 3.81. The SMILES string of the molecule is CN=C(NCC(C)Oc1ccc(F)cc1)NCC(C1CCOC1)N1CCOCC1. The fraction of sp³-hybridized carbons (Fsp3) is 0.667. The maximum absolute atomic E-state index is 13.0. The second kappa shape index (κ2) is 11.3. The van der Waals surface area contributed by atoms with E-state index >= 15 is 0 Å². The number of aliphatic imine (C=N–C) groups is 1. The topological polar surface area (TPSA) is 67.4 Å². The molecule has 3 rings (SSSR count). The van der Waals surface area contributed by atoms with E-state index in [0.29, 0.717) is 24.3 Å². The van der Waals surface area contributed by atoms with E-state index in [1.165, 1.54) is 12.1 Å². The Labute approximate surface area is 172 Å². The third kappa shape index (κ3) is 6.83. The lowest BCUT2D eigenvalue weighted by Gasteiger charge is -2.37. The van der Waals surface area contributed by atoms with Crippen LogP contribution in [0.25, 0.3) is 0 Å². The highest BCUT2D eigenvalue weighted by Gasteiger charge is 2.31. The van der Waals surface area contributed by atoms with Crippen molar-refractivity contribution in [2.45, 2.75) is 25.5 Å². The lowest BCUT2D eigenvalue weighted by atomic mass is 9.97. The van der Waals surface area contributed by atoms with Crippen molar-refractivity contribution in [1.82, 2.24) is 15.5 Å². The largest absolute Gasteiger partial charge is 0.489 e. The molecule has 0 aromatic heterocycles. The zero-order valence-corrected chi connectivity index (χ0v) is 17.4. The average molecular weight is 409 g/mol. The highest BCUT2D eigenvalue weighted by Crippen LogP contribution is 2.21. The molecule has 0 amide bonds. The summed E-state index contributed by atoms with van der Waals surface area (Å²) in [5, 5.41) is 6.78. The van der Waals surface area contributed by atoms with Gasteiger partial charge in [-0.2, -0.15) is 0 Å². The molecule has 0 spiro atoms. The summed E-state index contributed by atoms with van der Waals surface area (Å²) in [6.45, 7) is 8.51. The third-order valence-corrected chi connectivity index (χ3v) is 5.43. The van der Waals surface area contributed by atoms with Crippen LogP contribution in [0.3, 0.4) is 0 Å². The van der Waals surface area contributed by atoms with Crippen LogP contribution in [0.2, 0.25) is 0 Å². The summed E-state index contributed by atoms with van der Waals surface area (Å²) in [7, 11) is 1.77. The first-order valence-corrected chi connectivity index (χ1v) is 10.4. The number of guanidine groups is 1. The number of hydrogen-bond donors (Lipinski definition) is 2. The normalized spacial score (nSPS) is 22.9. The predicted octanol–water partition coefficient (Wildman–Crippen LogP) is 1.50. The van der Waals surface area contributed by atoms with Crippen molar-refractivity contribution < 1.29 is 18.6 Å². The molecule has 2 N–H and O–H groups in total. The van der Waals surface area contributed by atoms with Crippen LogP contribution < -0.4 is 15.4 Å². The molecule has 162 valence electrons. The first kappa shape index (κ1) is 21.8. The summed E-state index contributed by atoms with van der Waals surface area (Å²) in [5.41, 5.74) is 0. The highest BCUT2D eigenvalue weighted by molar-refractivity contribution is 5.79. The van der Waals surface area contributed by atoms with E-state index in [0.717, 1.165) is 58.4 Å². The van der Waals surface area contributed by atoms with E-state index in [1.54, 1.807) is 19.2 Å². The molecule has 2 fully saturated rings. The number of ether oxygens (including phenoxy) is 3. The van der Waals surface area contributed by atoms with Crippen molar-refractivity contribution in [2.24, 2.45) is 10.9 Å². The van der Waals surface area contributed by atoms with Crippen LogP contribution in [0.1, 0.15) is 13.3 Å². The zero-order chi connectivity index (χ0) is 20.5. The number of nitrogens with one attached hydrogen (secondary N) is 2. The van der Waals surface area contributed by atoms with E-state index in [2.05, 4.69) is 20.5 Å². The minimum atomic E-state index is -0.268. The molecule has 0 aliphatic carbocycles. The molecule has 0 saturated carbocycles. The van der Waals surface area contributed by atoms with Crippen molar-refractivity contribution >= 4 is 5.96 Å². The van der Waals surface area contributed by atoms with Crippen LogP contribution in [0, 0.1) is 11.7 Å². The van der Waals surface area contributed by atoms with Crippen LogP contribution in [-0.2, 0) is 9.47 Å². The van der Waals surface area contributed by atoms with Gasteiger partial charge in [-0.25, -0.2) is 4.39 Å². The summed E-state index contributed by atoms with van der Waals surface area (Å²) >= 11 is 0. The monoisotopic (exact) mass is 408 g/mol. The van der Waals surface area contributed by atoms with Gasteiger partial charge in [0, 0.05) is 45.2 Å². The Morgan fingerprint density at radius 1 is 1.17 bits per heavy atom. The number of hydrogen-bond acceptors (Lipinski definition) is 5. The van der Waals surface area contributed by atoms with Gasteiger partial charge < -0.3 is 24.8 Å². The maximum Gasteiger partial charge on any atom is 0.191 e. The fourth-order valence-corrected chi connectivity index (χ4v) is 3.81. The summed E-state index contributed by atoms with van der Waals surface area (Å²) < 4.78 is 30.0. The third-order valence-electron chi connectivity index (χ3n) is 5.43. The molecule has 2 saturated heterocycles. The van der Waals surface area contributed by atoms with Gasteiger partial charge in [0.05, 0.1) is 26.4 Å². The van der Waals surface area contributed by atoms with Gasteiger partial charge in [0.15, 0.2) is 5.96 Å². The first-order chi connectivity index (χ1) is 14.2. The second-order valence-corrected chi connectivity index (χ2v) is 7.56. The predicted molar refractivity (Wildman–Crippen MR) is 111 cm³/mol. The first-order valence-electron chi connectivity index (χ1n) is 10.4. The van der Waals surface area contributed by atoms with E-state index in [-0.39, 0.29) is 11.9 Å². The molecule has 1 aromatic rings. The van der Waals surface area contributed by atoms with Gasteiger partial charge in [0.25, 0.3) is 0 Å². The molecule has 3 unspecified atom stereocenters. The van der Waals surface area contributed by atoms with Gasteiger partial charge in [-0.15, -0.1) is 0 Å². The van der Waals surface area contributed by atoms with Crippen molar-refractivity contribution in [2.75, 3.05) is 59.7 Å². The van der Waals surface area contributed by atoms with Gasteiger partial charge in [-0.3, -0.25) is 9.89 Å². The molecule has 3 atom stereocenters. The molecule has 2 aliphatic heterocycles. The minimum Gasteiger partial charge on any atom is -0.489 e. The molecule has 2 heterocycles. The lowest BCUT2D eigenvalue weighted by Crippen LogP contribution is -2.54. The average Bonchev–Trinajstić information content (AvgIpc) is 3.27. The van der Waals surface area contributed by atoms with Crippen molar-refractivity contribution in [3.8, 4) is 5.75 Å². The van der Waals surface area contributed by atoms with Gasteiger partial charge in [-0.1, -0.05) is 0 Å². The van der Waals surface area contributed by atoms with Crippen molar-refractivity contribution in [1.29, 1.82) is 0 Å². The summed E-state index contributed by atoms with van der Waals surface area (Å²) in [6, 6.07) is 6.46. The zero-order valence-electron chi connectivity index (χ0n) is 17.4. The standard InChI is InChI=1S/C21H33FN4O3/c1-16(29-19-5-3-18(22)4-6-19)13-24-21(23-2)25-14-20(17-7-10-28-15-17)26-8-11-27-12-9-26/h3-6,16-17,20H,7-15H2,1-2H3,(H2,23,24,25). The molecule has 0 radical (unpaired) electrons. The van der Waals surface area contributed by atoms with Crippen molar-refractivity contribution in [3.63, 3.8) is 0 Å². The Morgan fingerprint density at radius 2 is 1.90 bits per heavy atom. The number of nitrogens with zero attached hydrogens (tertiary/aromatic N) is 2. The van der Waals surface area contributed by atoms with Crippen LogP contribution in [0.15, 0.2) is 29.3 Å². The van der Waals surface area contributed by atoms with Gasteiger partial charge in [0.2, 0.25) is 0 Å². The smallest absolute Gasteiger partial charge is 0.191 e. The second-order valence-electron chi connectivity index (χ2n) is 7.56. The van der Waals surface area contributed by atoms with E-state index in [4.69, 9.17) is 14.2 Å². The van der Waals surface area contributed by atoms with E-state index < -0.39 is 0 Å². The quantitative estimate of drug-likeness (QED) is 0.502. The molecular formula is C21H33FN4O3. The highest BCUT2D eigenvalue weighted by atomic mass is 19.1. The van der Waals surface area contributed by atoms with E-state index in [1.807, 2.05) is 6.92 Å². The Hall–Kier alpha value is -1.90. The van der Waals surface area contributed by atoms with Gasteiger partial charge >= 0.3 is 0 Å². The molecule has 29 heavy (non-hydrogen) atoms. The number of rotatable bonds is 8. The molecule has 0 bridgehead atoms. The summed E-state index contributed by atoms with van der Waals surface area (Å²) in [4.78, 5) is 6.84. The van der Waals surface area contributed by atoms with E-state index in [9.17, 15) is 4.39 Å². The van der Waals surface area contributed by atoms with Gasteiger partial charge in [-0.05, 0) is 37.6 Å². The molecule has 1 aromatic carbocycles. The number of morpholine rings is 1. The Kier molecular flexibility index (Phi) is 8.52. The molecule has 7 nitrogen and oxygen atoms in total. The number of halogens is 1. The van der Waals surface area contributed by atoms with Crippen LogP contribution >= 0.6 is 0 Å². The Morgan fingerprint density at radius 3 is 2.55 bits per heavy atom. The van der Waals surface area contributed by atoms with Crippen LogP contribution in [-0.4, -0.2) is 82.7 Å².